The summed E-state index contributed by atoms with van der Waals surface area (Å²) in [4.78, 5) is 30.4. The molecular formula is C21H25N3O3. The zero-order chi connectivity index (χ0) is 19.6. The van der Waals surface area contributed by atoms with Gasteiger partial charge in [-0.15, -0.1) is 0 Å². The van der Waals surface area contributed by atoms with Crippen LogP contribution in [0.25, 0.3) is 0 Å². The molecular weight excluding hydrogens is 342 g/mol. The summed E-state index contributed by atoms with van der Waals surface area (Å²) in [6.45, 7) is 6.77. The first-order chi connectivity index (χ1) is 12.9. The number of nitrogens with zero attached hydrogens (tertiary/aromatic N) is 3. The topological polar surface area (TPSA) is 75.4 Å². The van der Waals surface area contributed by atoms with Crippen LogP contribution in [0.4, 0.5) is 0 Å². The number of aryl methyl sites for hydroxylation is 1. The lowest BCUT2D eigenvalue weighted by Crippen LogP contribution is -2.32. The Morgan fingerprint density at radius 1 is 1.22 bits per heavy atom. The molecule has 1 N–H and O–H groups in total. The number of rotatable bonds is 7. The van der Waals surface area contributed by atoms with Crippen LogP contribution >= 0.6 is 0 Å². The highest BCUT2D eigenvalue weighted by Crippen LogP contribution is 2.38. The molecule has 1 aliphatic rings. The second kappa shape index (κ2) is 7.78. The monoisotopic (exact) mass is 367 g/mol. The number of aromatic nitrogens is 2. The maximum absolute atomic E-state index is 12.6. The molecule has 2 heterocycles. The van der Waals surface area contributed by atoms with Crippen molar-refractivity contribution in [2.45, 2.75) is 45.7 Å². The number of benzene rings is 1. The number of carbonyl (C=O) groups is 2. The van der Waals surface area contributed by atoms with Crippen LogP contribution in [0, 0.1) is 0 Å². The fraction of sp³-hybridized carbons (Fsp3) is 0.381. The van der Waals surface area contributed by atoms with E-state index in [2.05, 4.69) is 18.8 Å². The van der Waals surface area contributed by atoms with E-state index in [0.29, 0.717) is 25.4 Å². The third kappa shape index (κ3) is 3.79. The van der Waals surface area contributed by atoms with Gasteiger partial charge in [-0.25, -0.2) is 4.98 Å². The molecule has 0 bridgehead atoms. The molecule has 0 saturated heterocycles. The highest BCUT2D eigenvalue weighted by atomic mass is 16.3. The van der Waals surface area contributed by atoms with Crippen LogP contribution in [0.2, 0.25) is 0 Å². The first-order valence-electron chi connectivity index (χ1n) is 9.20. The maximum Gasteiger partial charge on any atom is 0.290 e. The van der Waals surface area contributed by atoms with Gasteiger partial charge in [-0.3, -0.25) is 9.59 Å². The molecule has 0 fully saturated rings. The van der Waals surface area contributed by atoms with Crippen LogP contribution in [0.5, 0.6) is 0 Å². The van der Waals surface area contributed by atoms with Crippen molar-refractivity contribution >= 4 is 11.7 Å². The summed E-state index contributed by atoms with van der Waals surface area (Å²) in [5, 5.41) is 10.3. The van der Waals surface area contributed by atoms with Crippen molar-refractivity contribution in [3.05, 3.63) is 65.4 Å². The molecule has 1 unspecified atom stereocenters. The van der Waals surface area contributed by atoms with Gasteiger partial charge in [0.15, 0.2) is 11.5 Å². The molecule has 0 saturated carbocycles. The molecule has 1 atom stereocenters. The Labute approximate surface area is 159 Å². The first kappa shape index (κ1) is 18.9. The predicted octanol–water partition coefficient (Wildman–Crippen LogP) is 3.38. The number of hydrogen-bond acceptors (Lipinski definition) is 4. The molecule has 0 aliphatic carbocycles. The Bertz CT molecular complexity index is 851. The molecule has 0 spiro atoms. The number of Topliss-reactive ketones (excluding diaryl/α,β-unsaturated/α-hetero) is 1. The minimum Gasteiger partial charge on any atom is -0.503 e. The van der Waals surface area contributed by atoms with Gasteiger partial charge in [-0.2, -0.15) is 0 Å². The number of hydrogen-bond donors (Lipinski definition) is 1. The zero-order valence-corrected chi connectivity index (χ0v) is 15.9. The van der Waals surface area contributed by atoms with Gasteiger partial charge >= 0.3 is 0 Å². The summed E-state index contributed by atoms with van der Waals surface area (Å²) in [5.74, 6) is -0.797. The highest BCUT2D eigenvalue weighted by molar-refractivity contribution is 6.08. The fourth-order valence-corrected chi connectivity index (χ4v) is 3.50. The van der Waals surface area contributed by atoms with E-state index in [0.717, 1.165) is 5.56 Å². The smallest absolute Gasteiger partial charge is 0.290 e. The summed E-state index contributed by atoms with van der Waals surface area (Å²) in [7, 11) is 0. The maximum atomic E-state index is 12.6. The molecule has 1 aromatic carbocycles. The normalized spacial score (nSPS) is 17.3. The average molecular weight is 367 g/mol. The summed E-state index contributed by atoms with van der Waals surface area (Å²) >= 11 is 0. The molecule has 6 heteroatoms. The molecule has 6 nitrogen and oxygen atoms in total. The SMILES string of the molecule is CC(=O)C1=C(O)C(=O)N(CCCn2ccnc2)C1c1ccc(C(C)C)cc1. The fourth-order valence-electron chi connectivity index (χ4n) is 3.50. The van der Waals surface area contributed by atoms with Gasteiger partial charge in [0.05, 0.1) is 17.9 Å². The van der Waals surface area contributed by atoms with E-state index >= 15 is 0 Å². The lowest BCUT2D eigenvalue weighted by molar-refractivity contribution is -0.129. The molecule has 1 aromatic heterocycles. The zero-order valence-electron chi connectivity index (χ0n) is 15.9. The summed E-state index contributed by atoms with van der Waals surface area (Å²) in [5.41, 5.74) is 2.21. The predicted molar refractivity (Wildman–Crippen MR) is 102 cm³/mol. The third-order valence-corrected chi connectivity index (χ3v) is 4.98. The molecule has 1 amide bonds. The number of aliphatic hydroxyl groups is 1. The Kier molecular flexibility index (Phi) is 5.44. The Balaban J connectivity index is 1.86. The van der Waals surface area contributed by atoms with Gasteiger partial charge in [-0.1, -0.05) is 38.1 Å². The number of ketones is 1. The van der Waals surface area contributed by atoms with Crippen LogP contribution in [0.3, 0.4) is 0 Å². The Morgan fingerprint density at radius 3 is 2.48 bits per heavy atom. The van der Waals surface area contributed by atoms with E-state index in [1.807, 2.05) is 35.0 Å². The molecule has 27 heavy (non-hydrogen) atoms. The van der Waals surface area contributed by atoms with Gasteiger partial charge in [0, 0.05) is 25.5 Å². The number of imidazole rings is 1. The standard InChI is InChI=1S/C21H25N3O3/c1-14(2)16-5-7-17(8-6-16)19-18(15(3)25)20(26)21(27)24(19)11-4-10-23-12-9-22-13-23/h5-9,12-14,19,26H,4,10-11H2,1-3H3. The van der Waals surface area contributed by atoms with Gasteiger partial charge < -0.3 is 14.6 Å². The number of aliphatic hydroxyl groups excluding tert-OH is 1. The summed E-state index contributed by atoms with van der Waals surface area (Å²) < 4.78 is 1.94. The summed E-state index contributed by atoms with van der Waals surface area (Å²) in [6, 6.07) is 7.37. The molecule has 142 valence electrons. The van der Waals surface area contributed by atoms with Crippen LogP contribution in [0.1, 0.15) is 50.3 Å². The van der Waals surface area contributed by atoms with E-state index in [9.17, 15) is 14.7 Å². The van der Waals surface area contributed by atoms with E-state index in [1.165, 1.54) is 12.5 Å². The lowest BCUT2D eigenvalue weighted by Gasteiger charge is -2.27. The van der Waals surface area contributed by atoms with Crippen molar-refractivity contribution in [2.75, 3.05) is 6.54 Å². The van der Waals surface area contributed by atoms with Gasteiger partial charge in [0.2, 0.25) is 0 Å². The first-order valence-corrected chi connectivity index (χ1v) is 9.20. The largest absolute Gasteiger partial charge is 0.503 e. The van der Waals surface area contributed by atoms with E-state index in [4.69, 9.17) is 0 Å². The molecule has 0 radical (unpaired) electrons. The van der Waals surface area contributed by atoms with Gasteiger partial charge in [0.25, 0.3) is 5.91 Å². The molecule has 1 aliphatic heterocycles. The van der Waals surface area contributed by atoms with Gasteiger partial charge in [0.1, 0.15) is 0 Å². The van der Waals surface area contributed by atoms with Crippen LogP contribution in [0.15, 0.2) is 54.3 Å². The Morgan fingerprint density at radius 2 is 1.93 bits per heavy atom. The van der Waals surface area contributed by atoms with E-state index in [1.54, 1.807) is 17.4 Å². The lowest BCUT2D eigenvalue weighted by atomic mass is 9.94. The van der Waals surface area contributed by atoms with Crippen LogP contribution < -0.4 is 0 Å². The minimum absolute atomic E-state index is 0.180. The van der Waals surface area contributed by atoms with Crippen molar-refractivity contribution in [2.24, 2.45) is 0 Å². The number of carbonyl (C=O) groups excluding carboxylic acids is 2. The van der Waals surface area contributed by atoms with Crippen molar-refractivity contribution < 1.29 is 14.7 Å². The van der Waals surface area contributed by atoms with Crippen molar-refractivity contribution in [1.82, 2.24) is 14.5 Å². The minimum atomic E-state index is -0.543. The van der Waals surface area contributed by atoms with Crippen molar-refractivity contribution in [3.8, 4) is 0 Å². The average Bonchev–Trinajstić information content (AvgIpc) is 3.23. The third-order valence-electron chi connectivity index (χ3n) is 4.98. The van der Waals surface area contributed by atoms with Crippen LogP contribution in [-0.2, 0) is 16.1 Å². The van der Waals surface area contributed by atoms with E-state index < -0.39 is 17.7 Å². The van der Waals surface area contributed by atoms with Gasteiger partial charge in [-0.05, 0) is 30.4 Å². The Hall–Kier alpha value is -2.89. The number of amides is 1. The van der Waals surface area contributed by atoms with E-state index in [-0.39, 0.29) is 11.4 Å². The molecule has 3 rings (SSSR count). The second-order valence-electron chi connectivity index (χ2n) is 7.19. The quantitative estimate of drug-likeness (QED) is 0.814. The molecule has 2 aromatic rings. The highest BCUT2D eigenvalue weighted by Gasteiger charge is 2.41. The second-order valence-corrected chi connectivity index (χ2v) is 7.19. The van der Waals surface area contributed by atoms with Crippen molar-refractivity contribution in [1.29, 1.82) is 0 Å². The van der Waals surface area contributed by atoms with Crippen molar-refractivity contribution in [3.63, 3.8) is 0 Å². The summed E-state index contributed by atoms with van der Waals surface area (Å²) in [6.07, 6.45) is 6.00. The van der Waals surface area contributed by atoms with Crippen LogP contribution in [-0.4, -0.2) is 37.8 Å².